The predicted molar refractivity (Wildman–Crippen MR) is 91.1 cm³/mol. The van der Waals surface area contributed by atoms with Crippen molar-refractivity contribution in [3.05, 3.63) is 65.7 Å². The van der Waals surface area contributed by atoms with E-state index in [1.807, 2.05) is 37.3 Å². The third-order valence-corrected chi connectivity index (χ3v) is 3.92. The highest BCUT2D eigenvalue weighted by Crippen LogP contribution is 2.23. The molecule has 2 atom stereocenters. The van der Waals surface area contributed by atoms with Crippen LogP contribution in [-0.4, -0.2) is 32.1 Å². The lowest BCUT2D eigenvalue weighted by atomic mass is 9.93. The molecule has 0 spiro atoms. The van der Waals surface area contributed by atoms with Gasteiger partial charge in [0.1, 0.15) is 11.8 Å². The molecule has 2 aromatic rings. The molecule has 0 aliphatic heterocycles. The minimum Gasteiger partial charge on any atom is -0.497 e. The molecule has 2 aromatic carbocycles. The summed E-state index contributed by atoms with van der Waals surface area (Å²) in [6, 6.07) is 15.4. The van der Waals surface area contributed by atoms with Crippen LogP contribution in [0.1, 0.15) is 28.8 Å². The number of esters is 1. The van der Waals surface area contributed by atoms with Gasteiger partial charge in [-0.2, -0.15) is 0 Å². The van der Waals surface area contributed by atoms with E-state index in [1.54, 1.807) is 31.4 Å². The fraction of sp³-hybridized carbons (Fsp3) is 0.263. The summed E-state index contributed by atoms with van der Waals surface area (Å²) in [5.74, 6) is -0.320. The number of amides is 1. The Bertz CT molecular complexity index is 682. The average molecular weight is 327 g/mol. The van der Waals surface area contributed by atoms with Gasteiger partial charge in [0.05, 0.1) is 14.2 Å². The van der Waals surface area contributed by atoms with Crippen LogP contribution in [0, 0.1) is 0 Å². The Kier molecular flexibility index (Phi) is 5.95. The first kappa shape index (κ1) is 17.5. The van der Waals surface area contributed by atoms with E-state index >= 15 is 0 Å². The quantitative estimate of drug-likeness (QED) is 0.829. The van der Waals surface area contributed by atoms with Crippen LogP contribution in [0.15, 0.2) is 54.6 Å². The van der Waals surface area contributed by atoms with Crippen molar-refractivity contribution >= 4 is 11.9 Å². The molecule has 1 amide bonds. The van der Waals surface area contributed by atoms with Crippen LogP contribution in [0.3, 0.4) is 0 Å². The molecule has 126 valence electrons. The molecule has 0 fully saturated rings. The number of carbonyl (C=O) groups excluding carboxylic acids is 2. The van der Waals surface area contributed by atoms with Gasteiger partial charge in [-0.25, -0.2) is 4.79 Å². The van der Waals surface area contributed by atoms with E-state index in [1.165, 1.54) is 7.11 Å². The van der Waals surface area contributed by atoms with Gasteiger partial charge in [0.15, 0.2) is 0 Å². The zero-order valence-electron chi connectivity index (χ0n) is 14.0. The van der Waals surface area contributed by atoms with Crippen LogP contribution >= 0.6 is 0 Å². The number of rotatable bonds is 6. The predicted octanol–water partition coefficient (Wildman–Crippen LogP) is 2.77. The molecule has 0 saturated carbocycles. The Balaban J connectivity index is 2.20. The minimum atomic E-state index is -0.781. The molecule has 0 radical (unpaired) electrons. The van der Waals surface area contributed by atoms with Crippen molar-refractivity contribution in [3.8, 4) is 5.75 Å². The molecule has 5 heteroatoms. The van der Waals surface area contributed by atoms with E-state index in [-0.39, 0.29) is 11.8 Å². The normalized spacial score (nSPS) is 12.8. The SMILES string of the molecule is COC(=O)[C@H](NC(=O)c1ccccc1)[C@@H](C)c1ccc(OC)cc1. The van der Waals surface area contributed by atoms with Crippen LogP contribution in [0.4, 0.5) is 0 Å². The Morgan fingerprint density at radius 3 is 2.12 bits per heavy atom. The Labute approximate surface area is 141 Å². The topological polar surface area (TPSA) is 64.6 Å². The van der Waals surface area contributed by atoms with E-state index in [0.29, 0.717) is 5.56 Å². The van der Waals surface area contributed by atoms with Gasteiger partial charge in [-0.05, 0) is 29.8 Å². The summed E-state index contributed by atoms with van der Waals surface area (Å²) in [7, 11) is 2.90. The van der Waals surface area contributed by atoms with Crippen LogP contribution in [0.5, 0.6) is 5.75 Å². The van der Waals surface area contributed by atoms with E-state index < -0.39 is 12.0 Å². The number of nitrogens with one attached hydrogen (secondary N) is 1. The van der Waals surface area contributed by atoms with Crippen LogP contribution in [-0.2, 0) is 9.53 Å². The number of hydrogen-bond donors (Lipinski definition) is 1. The molecule has 0 unspecified atom stereocenters. The molecule has 0 saturated heterocycles. The molecule has 0 aromatic heterocycles. The summed E-state index contributed by atoms with van der Waals surface area (Å²) in [6.45, 7) is 1.87. The summed E-state index contributed by atoms with van der Waals surface area (Å²) in [5.41, 5.74) is 1.40. The Morgan fingerprint density at radius 1 is 0.958 bits per heavy atom. The second-order valence-electron chi connectivity index (χ2n) is 5.40. The van der Waals surface area contributed by atoms with E-state index in [9.17, 15) is 9.59 Å². The Morgan fingerprint density at radius 2 is 1.58 bits per heavy atom. The second-order valence-corrected chi connectivity index (χ2v) is 5.40. The van der Waals surface area contributed by atoms with E-state index in [2.05, 4.69) is 5.32 Å². The first-order chi connectivity index (χ1) is 11.6. The first-order valence-corrected chi connectivity index (χ1v) is 7.64. The van der Waals surface area contributed by atoms with Crippen molar-refractivity contribution in [2.45, 2.75) is 18.9 Å². The van der Waals surface area contributed by atoms with Gasteiger partial charge >= 0.3 is 5.97 Å². The number of carbonyl (C=O) groups is 2. The number of methoxy groups -OCH3 is 2. The highest BCUT2D eigenvalue weighted by Gasteiger charge is 2.29. The second kappa shape index (κ2) is 8.15. The fourth-order valence-electron chi connectivity index (χ4n) is 2.43. The minimum absolute atomic E-state index is 0.254. The van der Waals surface area contributed by atoms with Gasteiger partial charge in [-0.1, -0.05) is 37.3 Å². The maximum Gasteiger partial charge on any atom is 0.328 e. The van der Waals surface area contributed by atoms with Gasteiger partial charge in [0.25, 0.3) is 5.91 Å². The molecule has 5 nitrogen and oxygen atoms in total. The van der Waals surface area contributed by atoms with Crippen molar-refractivity contribution in [2.75, 3.05) is 14.2 Å². The molecule has 0 heterocycles. The third kappa shape index (κ3) is 4.13. The average Bonchev–Trinajstić information content (AvgIpc) is 2.65. The highest BCUT2D eigenvalue weighted by atomic mass is 16.5. The molecule has 0 bridgehead atoms. The molecule has 0 aliphatic carbocycles. The Hall–Kier alpha value is -2.82. The van der Waals surface area contributed by atoms with Gasteiger partial charge in [0.2, 0.25) is 0 Å². The van der Waals surface area contributed by atoms with E-state index in [4.69, 9.17) is 9.47 Å². The zero-order valence-corrected chi connectivity index (χ0v) is 14.0. The first-order valence-electron chi connectivity index (χ1n) is 7.64. The van der Waals surface area contributed by atoms with Crippen molar-refractivity contribution in [1.82, 2.24) is 5.32 Å². The fourth-order valence-corrected chi connectivity index (χ4v) is 2.43. The van der Waals surface area contributed by atoms with Gasteiger partial charge in [-0.15, -0.1) is 0 Å². The zero-order chi connectivity index (χ0) is 17.5. The van der Waals surface area contributed by atoms with Crippen LogP contribution < -0.4 is 10.1 Å². The molecule has 0 aliphatic rings. The number of hydrogen-bond acceptors (Lipinski definition) is 4. The van der Waals surface area contributed by atoms with Crippen molar-refractivity contribution in [3.63, 3.8) is 0 Å². The lowest BCUT2D eigenvalue weighted by molar-refractivity contribution is -0.143. The van der Waals surface area contributed by atoms with E-state index in [0.717, 1.165) is 11.3 Å². The summed E-state index contributed by atoms with van der Waals surface area (Å²) < 4.78 is 10.00. The number of benzene rings is 2. The lowest BCUT2D eigenvalue weighted by Gasteiger charge is -2.23. The summed E-state index contributed by atoms with van der Waals surface area (Å²) in [6.07, 6.45) is 0. The molecular formula is C19H21NO4. The summed E-state index contributed by atoms with van der Waals surface area (Å²) in [5, 5.41) is 2.77. The maximum atomic E-state index is 12.4. The monoisotopic (exact) mass is 327 g/mol. The van der Waals surface area contributed by atoms with Crippen molar-refractivity contribution < 1.29 is 19.1 Å². The van der Waals surface area contributed by atoms with Gasteiger partial charge < -0.3 is 14.8 Å². The van der Waals surface area contributed by atoms with Crippen molar-refractivity contribution in [2.24, 2.45) is 0 Å². The summed E-state index contributed by atoms with van der Waals surface area (Å²) in [4.78, 5) is 24.5. The molecule has 24 heavy (non-hydrogen) atoms. The molecular weight excluding hydrogens is 306 g/mol. The number of ether oxygens (including phenoxy) is 2. The van der Waals surface area contributed by atoms with Gasteiger partial charge in [0, 0.05) is 11.5 Å². The maximum absolute atomic E-state index is 12.4. The van der Waals surface area contributed by atoms with Gasteiger partial charge in [-0.3, -0.25) is 4.79 Å². The molecule has 2 rings (SSSR count). The lowest BCUT2D eigenvalue weighted by Crippen LogP contribution is -2.44. The standard InChI is InChI=1S/C19H21NO4/c1-13(14-9-11-16(23-2)12-10-14)17(19(22)24-3)20-18(21)15-7-5-4-6-8-15/h4-13,17H,1-3H3,(H,20,21)/t13-,17+/m0/s1. The summed E-state index contributed by atoms with van der Waals surface area (Å²) >= 11 is 0. The van der Waals surface area contributed by atoms with Crippen LogP contribution in [0.2, 0.25) is 0 Å². The smallest absolute Gasteiger partial charge is 0.328 e. The largest absolute Gasteiger partial charge is 0.497 e. The molecule has 1 N–H and O–H groups in total. The van der Waals surface area contributed by atoms with Crippen molar-refractivity contribution in [1.29, 1.82) is 0 Å². The van der Waals surface area contributed by atoms with Crippen LogP contribution in [0.25, 0.3) is 0 Å². The third-order valence-electron chi connectivity index (χ3n) is 3.92. The highest BCUT2D eigenvalue weighted by molar-refractivity contribution is 5.97.